The predicted molar refractivity (Wildman–Crippen MR) is 117 cm³/mol. The minimum Gasteiger partial charge on any atom is -0.375 e. The van der Waals surface area contributed by atoms with E-state index in [-0.39, 0.29) is 0 Å². The van der Waals surface area contributed by atoms with Crippen molar-refractivity contribution in [1.29, 1.82) is 0 Å². The van der Waals surface area contributed by atoms with E-state index >= 15 is 0 Å². The summed E-state index contributed by atoms with van der Waals surface area (Å²) in [5.41, 5.74) is 0. The maximum atomic E-state index is 6.17. The average molecular weight is 396 g/mol. The van der Waals surface area contributed by atoms with Gasteiger partial charge >= 0.3 is 0 Å². The van der Waals surface area contributed by atoms with Gasteiger partial charge in [0, 0.05) is 77.0 Å². The molecule has 0 bridgehead atoms. The lowest BCUT2D eigenvalue weighted by Crippen LogP contribution is -2.53. The molecule has 3 rings (SSSR count). The highest BCUT2D eigenvalue weighted by Gasteiger charge is 2.28. The molecule has 164 valence electrons. The molecule has 3 heterocycles. The second-order valence-electron chi connectivity index (χ2n) is 9.49. The van der Waals surface area contributed by atoms with E-state index in [1.54, 1.807) is 0 Å². The summed E-state index contributed by atoms with van der Waals surface area (Å²) in [4.78, 5) is 10.6. The van der Waals surface area contributed by atoms with Crippen LogP contribution in [0.2, 0.25) is 0 Å². The standard InChI is InChI=1S/C22H45N5O/c1-19(2)25-9-5-8-24(12-13-25)17-21(4)27-14-15-28-22(18-27)16-20(3)26-10-6-23-7-11-26/h19-23H,5-18H2,1-4H3. The first kappa shape index (κ1) is 22.4. The third-order valence-electron chi connectivity index (χ3n) is 7.05. The number of hydrogen-bond acceptors (Lipinski definition) is 6. The lowest BCUT2D eigenvalue weighted by molar-refractivity contribution is -0.0571. The Morgan fingerprint density at radius 2 is 1.61 bits per heavy atom. The fraction of sp³-hybridized carbons (Fsp3) is 1.00. The van der Waals surface area contributed by atoms with Gasteiger partial charge in [-0.3, -0.25) is 14.7 Å². The highest BCUT2D eigenvalue weighted by atomic mass is 16.5. The van der Waals surface area contributed by atoms with Gasteiger partial charge in [-0.15, -0.1) is 0 Å². The Morgan fingerprint density at radius 1 is 0.821 bits per heavy atom. The summed E-state index contributed by atoms with van der Waals surface area (Å²) in [5, 5.41) is 3.46. The van der Waals surface area contributed by atoms with Crippen molar-refractivity contribution in [2.45, 2.75) is 64.8 Å². The highest BCUT2D eigenvalue weighted by Crippen LogP contribution is 2.17. The summed E-state index contributed by atoms with van der Waals surface area (Å²) in [7, 11) is 0. The fourth-order valence-electron chi connectivity index (χ4n) is 5.12. The van der Waals surface area contributed by atoms with Gasteiger partial charge in [0.15, 0.2) is 0 Å². The molecule has 0 saturated carbocycles. The van der Waals surface area contributed by atoms with E-state index in [4.69, 9.17) is 4.74 Å². The Labute approximate surface area is 173 Å². The molecule has 0 spiro atoms. The minimum atomic E-state index is 0.390. The van der Waals surface area contributed by atoms with Gasteiger partial charge in [-0.2, -0.15) is 0 Å². The summed E-state index contributed by atoms with van der Waals surface area (Å²) in [6, 6.07) is 1.91. The molecule has 3 aliphatic heterocycles. The summed E-state index contributed by atoms with van der Waals surface area (Å²) >= 11 is 0. The van der Waals surface area contributed by atoms with Crippen molar-refractivity contribution in [3.05, 3.63) is 0 Å². The lowest BCUT2D eigenvalue weighted by atomic mass is 10.1. The van der Waals surface area contributed by atoms with Crippen LogP contribution >= 0.6 is 0 Å². The predicted octanol–water partition coefficient (Wildman–Crippen LogP) is 1.18. The van der Waals surface area contributed by atoms with Crippen LogP contribution in [-0.2, 0) is 4.74 Å². The van der Waals surface area contributed by atoms with Gasteiger partial charge in [-0.1, -0.05) is 0 Å². The highest BCUT2D eigenvalue weighted by molar-refractivity contribution is 4.83. The molecular weight excluding hydrogens is 350 g/mol. The number of hydrogen-bond donors (Lipinski definition) is 1. The summed E-state index contributed by atoms with van der Waals surface area (Å²) < 4.78 is 6.17. The first-order chi connectivity index (χ1) is 13.5. The van der Waals surface area contributed by atoms with Crippen LogP contribution in [0.3, 0.4) is 0 Å². The molecule has 0 aromatic rings. The van der Waals surface area contributed by atoms with E-state index in [1.807, 2.05) is 0 Å². The van der Waals surface area contributed by atoms with Gasteiger partial charge < -0.3 is 15.0 Å². The van der Waals surface area contributed by atoms with Crippen LogP contribution in [-0.4, -0.2) is 122 Å². The Morgan fingerprint density at radius 3 is 2.36 bits per heavy atom. The van der Waals surface area contributed by atoms with Crippen molar-refractivity contribution in [1.82, 2.24) is 24.9 Å². The lowest BCUT2D eigenvalue weighted by Gasteiger charge is -2.41. The molecule has 28 heavy (non-hydrogen) atoms. The molecule has 0 aromatic heterocycles. The largest absolute Gasteiger partial charge is 0.375 e. The van der Waals surface area contributed by atoms with E-state index in [0.717, 1.165) is 39.2 Å². The maximum absolute atomic E-state index is 6.17. The zero-order chi connectivity index (χ0) is 19.9. The Balaban J connectivity index is 1.42. The number of nitrogens with one attached hydrogen (secondary N) is 1. The number of nitrogens with zero attached hydrogens (tertiary/aromatic N) is 4. The molecular formula is C22H45N5O. The van der Waals surface area contributed by atoms with Gasteiger partial charge in [0.05, 0.1) is 12.7 Å². The average Bonchev–Trinajstić information content (AvgIpc) is 2.94. The molecule has 3 fully saturated rings. The van der Waals surface area contributed by atoms with Crippen LogP contribution in [0.5, 0.6) is 0 Å². The molecule has 0 aliphatic carbocycles. The van der Waals surface area contributed by atoms with Crippen LogP contribution in [0.25, 0.3) is 0 Å². The number of rotatable bonds is 7. The van der Waals surface area contributed by atoms with E-state index < -0.39 is 0 Å². The Bertz CT molecular complexity index is 443. The van der Waals surface area contributed by atoms with E-state index in [0.29, 0.717) is 24.2 Å². The molecule has 1 N–H and O–H groups in total. The maximum Gasteiger partial charge on any atom is 0.0717 e. The fourth-order valence-corrected chi connectivity index (χ4v) is 5.12. The van der Waals surface area contributed by atoms with E-state index in [1.165, 1.54) is 52.2 Å². The number of ether oxygens (including phenoxy) is 1. The second kappa shape index (κ2) is 11.2. The van der Waals surface area contributed by atoms with E-state index in [2.05, 4.69) is 52.6 Å². The SMILES string of the molecule is CC(C)N1CCCN(CC(C)N2CCOC(CC(C)N3CCNCC3)C2)CC1. The monoisotopic (exact) mass is 395 g/mol. The van der Waals surface area contributed by atoms with Crippen LogP contribution in [0, 0.1) is 0 Å². The van der Waals surface area contributed by atoms with Crippen molar-refractivity contribution in [3.8, 4) is 0 Å². The van der Waals surface area contributed by atoms with Crippen molar-refractivity contribution in [2.24, 2.45) is 0 Å². The molecule has 3 unspecified atom stereocenters. The molecule has 3 aliphatic rings. The van der Waals surface area contributed by atoms with Crippen molar-refractivity contribution in [2.75, 3.05) is 78.6 Å². The van der Waals surface area contributed by atoms with Crippen LogP contribution in [0.1, 0.15) is 40.5 Å². The van der Waals surface area contributed by atoms with Gasteiger partial charge in [0.25, 0.3) is 0 Å². The quantitative estimate of drug-likeness (QED) is 0.697. The topological polar surface area (TPSA) is 34.2 Å². The first-order valence-electron chi connectivity index (χ1n) is 11.8. The summed E-state index contributed by atoms with van der Waals surface area (Å²) in [5.74, 6) is 0. The number of morpholine rings is 1. The smallest absolute Gasteiger partial charge is 0.0717 e. The molecule has 0 amide bonds. The second-order valence-corrected chi connectivity index (χ2v) is 9.49. The minimum absolute atomic E-state index is 0.390. The molecule has 0 radical (unpaired) electrons. The molecule has 6 nitrogen and oxygen atoms in total. The van der Waals surface area contributed by atoms with Crippen molar-refractivity contribution >= 4 is 0 Å². The zero-order valence-corrected chi connectivity index (χ0v) is 18.9. The van der Waals surface area contributed by atoms with Crippen LogP contribution in [0.15, 0.2) is 0 Å². The third-order valence-corrected chi connectivity index (χ3v) is 7.05. The van der Waals surface area contributed by atoms with Crippen LogP contribution in [0.4, 0.5) is 0 Å². The van der Waals surface area contributed by atoms with Crippen molar-refractivity contribution < 1.29 is 4.74 Å². The van der Waals surface area contributed by atoms with Gasteiger partial charge in [0.1, 0.15) is 0 Å². The molecule has 3 saturated heterocycles. The normalized spacial score (nSPS) is 29.7. The first-order valence-corrected chi connectivity index (χ1v) is 11.8. The van der Waals surface area contributed by atoms with Gasteiger partial charge in [-0.05, 0) is 53.6 Å². The number of piperazine rings is 1. The molecule has 3 atom stereocenters. The summed E-state index contributed by atoms with van der Waals surface area (Å²) in [6.45, 7) is 23.3. The van der Waals surface area contributed by atoms with Gasteiger partial charge in [-0.25, -0.2) is 0 Å². The molecule has 6 heteroatoms. The molecule has 0 aromatic carbocycles. The summed E-state index contributed by atoms with van der Waals surface area (Å²) in [6.07, 6.45) is 2.86. The Kier molecular flexibility index (Phi) is 9.00. The van der Waals surface area contributed by atoms with Crippen LogP contribution < -0.4 is 5.32 Å². The van der Waals surface area contributed by atoms with Crippen molar-refractivity contribution in [3.63, 3.8) is 0 Å². The third kappa shape index (κ3) is 6.64. The van der Waals surface area contributed by atoms with E-state index in [9.17, 15) is 0 Å². The van der Waals surface area contributed by atoms with Gasteiger partial charge in [0.2, 0.25) is 0 Å². The Hall–Kier alpha value is -0.240. The zero-order valence-electron chi connectivity index (χ0n) is 18.9.